The number of aliphatic hydroxyl groups excluding tert-OH is 1. The standard InChI is InChI=1S/C8H13N3O3/c1-5(12)4-7-8(11(13)14)6(2)9-10(7)3/h5,12H,4H2,1-3H3. The molecular weight excluding hydrogens is 186 g/mol. The van der Waals surface area contributed by atoms with Crippen LogP contribution in [0.25, 0.3) is 0 Å². The van der Waals surface area contributed by atoms with Gasteiger partial charge in [-0.1, -0.05) is 0 Å². The molecule has 1 heterocycles. The molecule has 0 aliphatic carbocycles. The van der Waals surface area contributed by atoms with Crippen LogP contribution < -0.4 is 0 Å². The van der Waals surface area contributed by atoms with E-state index in [1.54, 1.807) is 20.9 Å². The number of aryl methyl sites for hydroxylation is 2. The Balaban J connectivity index is 3.18. The van der Waals surface area contributed by atoms with Crippen molar-refractivity contribution in [2.75, 3.05) is 0 Å². The summed E-state index contributed by atoms with van der Waals surface area (Å²) in [6.07, 6.45) is -0.364. The molecule has 14 heavy (non-hydrogen) atoms. The molecule has 1 aromatic heterocycles. The molecule has 1 aromatic rings. The molecule has 6 nitrogen and oxygen atoms in total. The molecule has 0 saturated carbocycles. The highest BCUT2D eigenvalue weighted by Crippen LogP contribution is 2.23. The molecule has 0 spiro atoms. The third-order valence-electron chi connectivity index (χ3n) is 1.98. The summed E-state index contributed by atoms with van der Waals surface area (Å²) in [6, 6.07) is 0. The molecule has 1 rings (SSSR count). The Morgan fingerprint density at radius 2 is 2.29 bits per heavy atom. The fraction of sp³-hybridized carbons (Fsp3) is 0.625. The van der Waals surface area contributed by atoms with Crippen LogP contribution in [0.3, 0.4) is 0 Å². The van der Waals surface area contributed by atoms with Crippen molar-refractivity contribution in [3.05, 3.63) is 21.5 Å². The summed E-state index contributed by atoms with van der Waals surface area (Å²) < 4.78 is 1.44. The minimum atomic E-state index is -0.608. The van der Waals surface area contributed by atoms with E-state index in [1.165, 1.54) is 4.68 Å². The SMILES string of the molecule is Cc1nn(C)c(CC(C)O)c1[N+](=O)[O-]. The Kier molecular flexibility index (Phi) is 2.85. The van der Waals surface area contributed by atoms with Gasteiger partial charge in [0, 0.05) is 13.5 Å². The van der Waals surface area contributed by atoms with Crippen molar-refractivity contribution in [2.24, 2.45) is 7.05 Å². The quantitative estimate of drug-likeness (QED) is 0.569. The van der Waals surface area contributed by atoms with Crippen LogP contribution in [0, 0.1) is 17.0 Å². The van der Waals surface area contributed by atoms with Crippen molar-refractivity contribution in [1.29, 1.82) is 0 Å². The van der Waals surface area contributed by atoms with Gasteiger partial charge in [-0.3, -0.25) is 14.8 Å². The van der Waals surface area contributed by atoms with Crippen molar-refractivity contribution >= 4 is 5.69 Å². The Morgan fingerprint density at radius 1 is 1.71 bits per heavy atom. The molecule has 0 amide bonds. The van der Waals surface area contributed by atoms with Crippen LogP contribution in [0.5, 0.6) is 0 Å². The first-order valence-electron chi connectivity index (χ1n) is 4.28. The smallest absolute Gasteiger partial charge is 0.313 e. The zero-order valence-electron chi connectivity index (χ0n) is 8.39. The lowest BCUT2D eigenvalue weighted by atomic mass is 10.2. The molecule has 1 atom stereocenters. The summed E-state index contributed by atoms with van der Waals surface area (Å²) in [5, 5.41) is 23.8. The van der Waals surface area contributed by atoms with E-state index in [4.69, 9.17) is 0 Å². The van der Waals surface area contributed by atoms with Crippen molar-refractivity contribution in [1.82, 2.24) is 9.78 Å². The van der Waals surface area contributed by atoms with Gasteiger partial charge < -0.3 is 5.11 Å². The minimum absolute atomic E-state index is 0.00778. The molecule has 0 fully saturated rings. The van der Waals surface area contributed by atoms with Gasteiger partial charge >= 0.3 is 5.69 Å². The molecule has 1 unspecified atom stereocenters. The van der Waals surface area contributed by atoms with E-state index in [2.05, 4.69) is 5.10 Å². The number of hydrogen-bond donors (Lipinski definition) is 1. The highest BCUT2D eigenvalue weighted by atomic mass is 16.6. The predicted molar refractivity (Wildman–Crippen MR) is 50.0 cm³/mol. The zero-order valence-corrected chi connectivity index (χ0v) is 8.39. The van der Waals surface area contributed by atoms with Crippen LogP contribution in [0.1, 0.15) is 18.3 Å². The third-order valence-corrected chi connectivity index (χ3v) is 1.98. The van der Waals surface area contributed by atoms with Crippen LogP contribution in [0.2, 0.25) is 0 Å². The summed E-state index contributed by atoms with van der Waals surface area (Å²) in [4.78, 5) is 10.2. The number of hydrogen-bond acceptors (Lipinski definition) is 4. The van der Waals surface area contributed by atoms with Crippen molar-refractivity contribution < 1.29 is 10.0 Å². The van der Waals surface area contributed by atoms with Crippen molar-refractivity contribution in [3.63, 3.8) is 0 Å². The first-order chi connectivity index (χ1) is 6.43. The Labute approximate surface area is 81.3 Å². The summed E-state index contributed by atoms with van der Waals surface area (Å²) in [6.45, 7) is 3.18. The highest BCUT2D eigenvalue weighted by molar-refractivity contribution is 5.40. The van der Waals surface area contributed by atoms with E-state index in [9.17, 15) is 15.2 Å². The van der Waals surface area contributed by atoms with Gasteiger partial charge in [-0.05, 0) is 13.8 Å². The summed E-state index contributed by atoms with van der Waals surface area (Å²) in [5.74, 6) is 0. The van der Waals surface area contributed by atoms with Crippen molar-refractivity contribution in [3.8, 4) is 0 Å². The maximum Gasteiger partial charge on any atom is 0.313 e. The lowest BCUT2D eigenvalue weighted by Gasteiger charge is -2.03. The van der Waals surface area contributed by atoms with Crippen LogP contribution in [-0.2, 0) is 13.5 Å². The number of nitrogens with zero attached hydrogens (tertiary/aromatic N) is 3. The molecule has 0 radical (unpaired) electrons. The average Bonchev–Trinajstić information content (AvgIpc) is 2.25. The third kappa shape index (κ3) is 1.90. The maximum atomic E-state index is 10.7. The van der Waals surface area contributed by atoms with Crippen molar-refractivity contribution in [2.45, 2.75) is 26.4 Å². The van der Waals surface area contributed by atoms with Crippen LogP contribution in [-0.4, -0.2) is 25.9 Å². The molecule has 78 valence electrons. The lowest BCUT2D eigenvalue weighted by Crippen LogP contribution is -2.10. The maximum absolute atomic E-state index is 10.7. The Hall–Kier alpha value is -1.43. The van der Waals surface area contributed by atoms with E-state index >= 15 is 0 Å². The van der Waals surface area contributed by atoms with Gasteiger partial charge in [0.1, 0.15) is 11.4 Å². The van der Waals surface area contributed by atoms with E-state index in [1.807, 2.05) is 0 Å². The minimum Gasteiger partial charge on any atom is -0.393 e. The monoisotopic (exact) mass is 199 g/mol. The molecule has 1 N–H and O–H groups in total. The summed E-state index contributed by atoms with van der Waals surface area (Å²) in [7, 11) is 1.64. The summed E-state index contributed by atoms with van der Waals surface area (Å²) >= 11 is 0. The molecule has 0 aliphatic heterocycles. The number of aliphatic hydroxyl groups is 1. The van der Waals surface area contributed by atoms with E-state index in [0.717, 1.165) is 0 Å². The molecule has 0 saturated heterocycles. The van der Waals surface area contributed by atoms with Gasteiger partial charge in [0.25, 0.3) is 0 Å². The van der Waals surface area contributed by atoms with Crippen LogP contribution in [0.15, 0.2) is 0 Å². The topological polar surface area (TPSA) is 81.2 Å². The second kappa shape index (κ2) is 3.75. The van der Waals surface area contributed by atoms with E-state index in [0.29, 0.717) is 11.4 Å². The van der Waals surface area contributed by atoms with Gasteiger partial charge in [-0.25, -0.2) is 0 Å². The van der Waals surface area contributed by atoms with Gasteiger partial charge in [-0.2, -0.15) is 5.10 Å². The first kappa shape index (κ1) is 10.6. The first-order valence-corrected chi connectivity index (χ1v) is 4.28. The van der Waals surface area contributed by atoms with Gasteiger partial charge in [0.2, 0.25) is 0 Å². The summed E-state index contributed by atoms with van der Waals surface area (Å²) in [5.41, 5.74) is 0.851. The fourth-order valence-corrected chi connectivity index (χ4v) is 1.44. The average molecular weight is 199 g/mol. The molecule has 0 aromatic carbocycles. The Bertz CT molecular complexity index is 357. The van der Waals surface area contributed by atoms with Gasteiger partial charge in [0.05, 0.1) is 11.0 Å². The molecule has 0 bridgehead atoms. The molecule has 6 heteroatoms. The van der Waals surface area contributed by atoms with E-state index in [-0.39, 0.29) is 12.1 Å². The second-order valence-corrected chi connectivity index (χ2v) is 3.31. The normalized spacial score (nSPS) is 12.9. The van der Waals surface area contributed by atoms with Crippen LogP contribution >= 0.6 is 0 Å². The zero-order chi connectivity index (χ0) is 10.9. The predicted octanol–water partition coefficient (Wildman–Crippen LogP) is 0.560. The van der Waals surface area contributed by atoms with Crippen LogP contribution in [0.4, 0.5) is 5.69 Å². The Morgan fingerprint density at radius 3 is 2.71 bits per heavy atom. The van der Waals surface area contributed by atoms with Gasteiger partial charge in [0.15, 0.2) is 0 Å². The molecular formula is C8H13N3O3. The van der Waals surface area contributed by atoms with Gasteiger partial charge in [-0.15, -0.1) is 0 Å². The lowest BCUT2D eigenvalue weighted by molar-refractivity contribution is -0.386. The largest absolute Gasteiger partial charge is 0.393 e. The molecule has 0 aliphatic rings. The highest BCUT2D eigenvalue weighted by Gasteiger charge is 2.24. The number of aromatic nitrogens is 2. The number of nitro groups is 1. The second-order valence-electron chi connectivity index (χ2n) is 3.31. The number of rotatable bonds is 3. The fourth-order valence-electron chi connectivity index (χ4n) is 1.44. The van der Waals surface area contributed by atoms with E-state index < -0.39 is 11.0 Å².